The molecule has 4 N–H and O–H groups in total. The minimum absolute atomic E-state index is 0. The van der Waals surface area contributed by atoms with Crippen LogP contribution in [0.3, 0.4) is 0 Å². The van der Waals surface area contributed by atoms with Crippen LogP contribution in [0.2, 0.25) is 0 Å². The van der Waals surface area contributed by atoms with Gasteiger partial charge in [0, 0.05) is 12.5 Å². The summed E-state index contributed by atoms with van der Waals surface area (Å²) in [6.07, 6.45) is 4.51. The number of hydrazine groups is 1. The number of halogens is 1. The van der Waals surface area contributed by atoms with Crippen LogP contribution in [-0.2, 0) is 12.0 Å². The Balaban J connectivity index is 0.00000320. The number of oxazole rings is 1. The predicted octanol–water partition coefficient (Wildman–Crippen LogP) is 5.80. The number of benzene rings is 3. The van der Waals surface area contributed by atoms with Crippen LogP contribution in [0, 0.1) is 5.92 Å². The molecule has 1 aliphatic rings. The molecule has 1 aliphatic heterocycles. The van der Waals surface area contributed by atoms with Crippen molar-refractivity contribution in [3.8, 4) is 5.75 Å². The second-order valence-corrected chi connectivity index (χ2v) is 9.77. The molecular formula is C30H37ClN4O2. The Hall–Kier alpha value is -2.90. The van der Waals surface area contributed by atoms with Gasteiger partial charge >= 0.3 is 0 Å². The van der Waals surface area contributed by atoms with Gasteiger partial charge in [-0.2, -0.15) is 0 Å². The number of unbranched alkanes of at least 4 members (excludes halogenated alkanes) is 1. The van der Waals surface area contributed by atoms with Gasteiger partial charge in [0.05, 0.1) is 12.6 Å². The number of nitrogens with two attached hydrogens (primary N) is 2. The molecule has 3 atom stereocenters. The first-order valence-electron chi connectivity index (χ1n) is 12.9. The van der Waals surface area contributed by atoms with Crippen molar-refractivity contribution < 1.29 is 9.15 Å². The zero-order valence-corrected chi connectivity index (χ0v) is 22.2. The van der Waals surface area contributed by atoms with E-state index in [0.29, 0.717) is 6.54 Å². The van der Waals surface area contributed by atoms with Crippen molar-refractivity contribution in [2.75, 3.05) is 20.2 Å². The first kappa shape index (κ1) is 27.1. The summed E-state index contributed by atoms with van der Waals surface area (Å²) < 4.78 is 12.2. The van der Waals surface area contributed by atoms with Crippen molar-refractivity contribution >= 4 is 23.5 Å². The van der Waals surface area contributed by atoms with Crippen molar-refractivity contribution in [1.29, 1.82) is 0 Å². The van der Waals surface area contributed by atoms with Crippen molar-refractivity contribution in [1.82, 2.24) is 9.99 Å². The largest absolute Gasteiger partial charge is 0.496 e. The Morgan fingerprint density at radius 1 is 1.00 bits per heavy atom. The van der Waals surface area contributed by atoms with Gasteiger partial charge in [0.1, 0.15) is 11.3 Å². The maximum atomic E-state index is 6.98. The van der Waals surface area contributed by atoms with Gasteiger partial charge in [-0.3, -0.25) is 5.84 Å². The summed E-state index contributed by atoms with van der Waals surface area (Å²) in [7, 11) is 1.74. The normalized spacial score (nSPS) is 22.0. The molecule has 0 aliphatic carbocycles. The highest BCUT2D eigenvalue weighted by Crippen LogP contribution is 2.52. The third kappa shape index (κ3) is 5.25. The van der Waals surface area contributed by atoms with E-state index < -0.39 is 5.54 Å². The Morgan fingerprint density at radius 3 is 2.49 bits per heavy atom. The van der Waals surface area contributed by atoms with Crippen molar-refractivity contribution in [3.63, 3.8) is 0 Å². The lowest BCUT2D eigenvalue weighted by Gasteiger charge is -2.53. The highest BCUT2D eigenvalue weighted by atomic mass is 35.5. The van der Waals surface area contributed by atoms with E-state index in [4.69, 9.17) is 25.7 Å². The Labute approximate surface area is 225 Å². The molecule has 2 heterocycles. The Morgan fingerprint density at radius 2 is 1.73 bits per heavy atom. The Bertz CT molecular complexity index is 1250. The summed E-state index contributed by atoms with van der Waals surface area (Å²) in [6.45, 7) is 1.42. The maximum Gasteiger partial charge on any atom is 0.199 e. The molecule has 1 fully saturated rings. The lowest BCUT2D eigenvalue weighted by atomic mass is 9.63. The predicted molar refractivity (Wildman–Crippen MR) is 151 cm³/mol. The van der Waals surface area contributed by atoms with Crippen LogP contribution in [0.15, 0.2) is 83.3 Å². The third-order valence-corrected chi connectivity index (χ3v) is 7.84. The van der Waals surface area contributed by atoms with Crippen LogP contribution in [0.4, 0.5) is 0 Å². The molecule has 196 valence electrons. The fourth-order valence-electron chi connectivity index (χ4n) is 6.11. The van der Waals surface area contributed by atoms with E-state index in [1.807, 2.05) is 36.4 Å². The summed E-state index contributed by atoms with van der Waals surface area (Å²) in [5, 5.41) is 2.08. The second-order valence-electron chi connectivity index (χ2n) is 9.77. The van der Waals surface area contributed by atoms with Crippen LogP contribution >= 0.6 is 12.4 Å². The van der Waals surface area contributed by atoms with E-state index in [0.717, 1.165) is 61.4 Å². The average molecular weight is 521 g/mol. The molecule has 0 radical (unpaired) electrons. The summed E-state index contributed by atoms with van der Waals surface area (Å²) in [6, 6.07) is 27.0. The summed E-state index contributed by atoms with van der Waals surface area (Å²) in [5.41, 5.74) is 9.65. The molecule has 0 spiro atoms. The van der Waals surface area contributed by atoms with E-state index in [1.165, 1.54) is 11.1 Å². The van der Waals surface area contributed by atoms with Gasteiger partial charge in [-0.05, 0) is 73.9 Å². The van der Waals surface area contributed by atoms with Crippen LogP contribution < -0.4 is 16.3 Å². The van der Waals surface area contributed by atoms with Gasteiger partial charge in [0.15, 0.2) is 11.5 Å². The Kier molecular flexibility index (Phi) is 8.87. The van der Waals surface area contributed by atoms with Gasteiger partial charge in [-0.15, -0.1) is 12.4 Å². The first-order chi connectivity index (χ1) is 17.7. The number of para-hydroxylation sites is 3. The van der Waals surface area contributed by atoms with Gasteiger partial charge in [-0.25, -0.2) is 9.99 Å². The molecule has 3 unspecified atom stereocenters. The van der Waals surface area contributed by atoms with Gasteiger partial charge in [0.25, 0.3) is 0 Å². The monoisotopic (exact) mass is 520 g/mol. The highest BCUT2D eigenvalue weighted by Gasteiger charge is 2.52. The fourth-order valence-corrected chi connectivity index (χ4v) is 6.11. The molecule has 0 saturated carbocycles. The van der Waals surface area contributed by atoms with Gasteiger partial charge in [0.2, 0.25) is 0 Å². The molecule has 4 aromatic rings. The lowest BCUT2D eigenvalue weighted by molar-refractivity contribution is -0.0386. The smallest absolute Gasteiger partial charge is 0.199 e. The quantitative estimate of drug-likeness (QED) is 0.214. The SMILES string of the molecule is COc1ccccc1CC1C(c2nc3ccccc3o2)CCN(N)C1(CCCCN)c1ccccc1.Cl. The first-order valence-corrected chi connectivity index (χ1v) is 12.9. The number of aromatic nitrogens is 1. The molecule has 7 heteroatoms. The number of methoxy groups -OCH3 is 1. The molecule has 0 bridgehead atoms. The zero-order chi connectivity index (χ0) is 25.0. The van der Waals surface area contributed by atoms with Crippen LogP contribution in [0.1, 0.15) is 48.6 Å². The summed E-state index contributed by atoms with van der Waals surface area (Å²) >= 11 is 0. The number of ether oxygens (including phenoxy) is 1. The minimum Gasteiger partial charge on any atom is -0.496 e. The zero-order valence-electron chi connectivity index (χ0n) is 21.4. The van der Waals surface area contributed by atoms with E-state index in [-0.39, 0.29) is 24.2 Å². The van der Waals surface area contributed by atoms with Crippen molar-refractivity contribution in [2.24, 2.45) is 17.5 Å². The molecule has 6 nitrogen and oxygen atoms in total. The number of nitrogens with zero attached hydrogens (tertiary/aromatic N) is 2. The average Bonchev–Trinajstić information content (AvgIpc) is 3.35. The van der Waals surface area contributed by atoms with Crippen LogP contribution in [0.25, 0.3) is 11.1 Å². The van der Waals surface area contributed by atoms with E-state index >= 15 is 0 Å². The van der Waals surface area contributed by atoms with Gasteiger partial charge in [-0.1, -0.05) is 60.7 Å². The van der Waals surface area contributed by atoms with E-state index in [9.17, 15) is 0 Å². The fraction of sp³-hybridized carbons (Fsp3) is 0.367. The highest BCUT2D eigenvalue weighted by molar-refractivity contribution is 5.85. The standard InChI is InChI=1S/C30H36N4O2.ClH/c1-35-27-15-7-5-11-22(27)21-25-24(29-33-26-14-6-8-16-28(26)36-29)17-20-34(32)30(25,18-9-10-19-31)23-12-3-2-4-13-23;/h2-8,11-16,24-25H,9-10,17-21,31-32H2,1H3;1H. The van der Waals surface area contributed by atoms with Crippen LogP contribution in [-0.4, -0.2) is 30.2 Å². The number of fused-ring (bicyclic) bond motifs is 1. The van der Waals surface area contributed by atoms with Crippen molar-refractivity contribution in [3.05, 3.63) is 95.9 Å². The van der Waals surface area contributed by atoms with Crippen molar-refractivity contribution in [2.45, 2.75) is 43.6 Å². The van der Waals surface area contributed by atoms with E-state index in [1.54, 1.807) is 7.11 Å². The summed E-state index contributed by atoms with van der Waals surface area (Å²) in [4.78, 5) is 4.97. The molecule has 1 aromatic heterocycles. The molecular weight excluding hydrogens is 484 g/mol. The number of piperidine rings is 1. The minimum atomic E-state index is -0.402. The molecule has 5 rings (SSSR count). The molecule has 3 aromatic carbocycles. The summed E-state index contributed by atoms with van der Waals surface area (Å²) in [5.74, 6) is 8.88. The molecule has 0 amide bonds. The van der Waals surface area contributed by atoms with E-state index in [2.05, 4.69) is 47.5 Å². The maximum absolute atomic E-state index is 6.98. The van der Waals surface area contributed by atoms with Gasteiger partial charge < -0.3 is 14.9 Å². The molecule has 37 heavy (non-hydrogen) atoms. The van der Waals surface area contributed by atoms with Crippen LogP contribution in [0.5, 0.6) is 5.75 Å². The second kappa shape index (κ2) is 12.1. The number of hydrogen-bond donors (Lipinski definition) is 2. The number of hydrogen-bond acceptors (Lipinski definition) is 6. The lowest BCUT2D eigenvalue weighted by Crippen LogP contribution is -2.60. The molecule has 1 saturated heterocycles. The third-order valence-electron chi connectivity index (χ3n) is 7.84. The topological polar surface area (TPSA) is 90.5 Å². The number of rotatable bonds is 9.